The number of pyridine rings is 1. The predicted molar refractivity (Wildman–Crippen MR) is 129 cm³/mol. The maximum absolute atomic E-state index is 13.5. The molecule has 7 heteroatoms. The van der Waals surface area contributed by atoms with Gasteiger partial charge in [0, 0.05) is 57.7 Å². The smallest absolute Gasteiger partial charge is 0.267 e. The summed E-state index contributed by atoms with van der Waals surface area (Å²) in [6.45, 7) is 0.468. The Labute approximate surface area is 193 Å². The zero-order valence-electron chi connectivity index (χ0n) is 19.2. The average Bonchev–Trinajstić information content (AvgIpc) is 3.41. The fraction of sp³-hybridized carbons (Fsp3) is 0.269. The topological polar surface area (TPSA) is 72.2 Å². The minimum absolute atomic E-state index is 0.0525. The quantitative estimate of drug-likeness (QED) is 0.454. The Balaban J connectivity index is 1.52. The van der Waals surface area contributed by atoms with Crippen LogP contribution in [0.1, 0.15) is 32.8 Å². The van der Waals surface area contributed by atoms with Crippen LogP contribution in [0, 0.1) is 0 Å². The van der Waals surface area contributed by atoms with Crippen LogP contribution in [0.4, 0.5) is 0 Å². The highest BCUT2D eigenvalue weighted by molar-refractivity contribution is 6.06. The van der Waals surface area contributed by atoms with Gasteiger partial charge in [-0.25, -0.2) is 4.98 Å². The molecule has 0 bridgehead atoms. The minimum atomic E-state index is -0.116. The summed E-state index contributed by atoms with van der Waals surface area (Å²) in [5.41, 5.74) is 3.18. The molecular weight excluding hydrogens is 414 g/mol. The van der Waals surface area contributed by atoms with Crippen LogP contribution in [0.2, 0.25) is 0 Å². The molecule has 0 unspecified atom stereocenters. The highest BCUT2D eigenvalue weighted by atomic mass is 16.2. The molecule has 0 radical (unpaired) electrons. The highest BCUT2D eigenvalue weighted by Crippen LogP contribution is 2.22. The molecule has 0 aliphatic rings. The van der Waals surface area contributed by atoms with E-state index in [-0.39, 0.29) is 17.9 Å². The van der Waals surface area contributed by atoms with Crippen LogP contribution in [-0.4, -0.2) is 50.5 Å². The van der Waals surface area contributed by atoms with Crippen LogP contribution in [0.3, 0.4) is 0 Å². The molecular formula is C26H29N5O2. The molecule has 1 N–H and O–H groups in total. The van der Waals surface area contributed by atoms with Crippen LogP contribution >= 0.6 is 0 Å². The van der Waals surface area contributed by atoms with E-state index in [0.29, 0.717) is 30.6 Å². The number of hydrogen-bond acceptors (Lipinski definition) is 3. The third kappa shape index (κ3) is 4.82. The number of hydrogen-bond donors (Lipinski definition) is 1. The highest BCUT2D eigenvalue weighted by Gasteiger charge is 2.25. The van der Waals surface area contributed by atoms with E-state index in [9.17, 15) is 9.59 Å². The molecule has 4 rings (SSSR count). The van der Waals surface area contributed by atoms with Crippen molar-refractivity contribution >= 4 is 22.8 Å². The Morgan fingerprint density at radius 2 is 1.82 bits per heavy atom. The Morgan fingerprint density at radius 1 is 1.03 bits per heavy atom. The van der Waals surface area contributed by atoms with Crippen molar-refractivity contribution in [2.24, 2.45) is 14.1 Å². The van der Waals surface area contributed by atoms with Gasteiger partial charge in [-0.05, 0) is 42.7 Å². The maximum Gasteiger partial charge on any atom is 0.267 e. The zero-order valence-corrected chi connectivity index (χ0v) is 19.2. The van der Waals surface area contributed by atoms with E-state index in [2.05, 4.69) is 22.4 Å². The standard InChI is InChI=1S/C26H29N5O2/c1-29-16-8-12-23(29)25(32)28-15-13-20(17-19-9-5-4-6-10-19)31(3)26(33)22-18-30(2)24-21(22)11-7-14-27-24/h4-12,14,16,18,20H,13,15,17H2,1-3H3,(H,28,32)/t20-/m1/s1. The Morgan fingerprint density at radius 3 is 2.55 bits per heavy atom. The molecule has 0 aliphatic carbocycles. The number of nitrogens with one attached hydrogen (secondary N) is 1. The van der Waals surface area contributed by atoms with Gasteiger partial charge in [0.1, 0.15) is 11.3 Å². The normalized spacial score (nSPS) is 12.0. The largest absolute Gasteiger partial charge is 0.351 e. The number of rotatable bonds is 8. The number of likely N-dealkylation sites (N-methyl/N-ethyl adjacent to an activating group) is 1. The van der Waals surface area contributed by atoms with Crippen molar-refractivity contribution < 1.29 is 9.59 Å². The SMILES string of the molecule is CN(C(=O)c1cn(C)c2ncccc12)[C@H](CCNC(=O)c1cccn1C)Cc1ccccc1. The van der Waals surface area contributed by atoms with Crippen molar-refractivity contribution in [3.05, 3.63) is 90.0 Å². The average molecular weight is 444 g/mol. The number of carbonyl (C=O) groups excluding carboxylic acids is 2. The third-order valence-electron chi connectivity index (χ3n) is 6.09. The van der Waals surface area contributed by atoms with Crippen molar-refractivity contribution in [2.45, 2.75) is 18.9 Å². The number of nitrogens with zero attached hydrogens (tertiary/aromatic N) is 4. The number of fused-ring (bicyclic) bond motifs is 1. The van der Waals surface area contributed by atoms with Gasteiger partial charge in [0.2, 0.25) is 0 Å². The lowest BCUT2D eigenvalue weighted by Crippen LogP contribution is -2.41. The number of aromatic nitrogens is 3. The van der Waals surface area contributed by atoms with Gasteiger partial charge in [0.15, 0.2) is 0 Å². The zero-order chi connectivity index (χ0) is 23.4. The van der Waals surface area contributed by atoms with Crippen LogP contribution in [0.15, 0.2) is 73.2 Å². The summed E-state index contributed by atoms with van der Waals surface area (Å²) in [4.78, 5) is 32.2. The van der Waals surface area contributed by atoms with Crippen molar-refractivity contribution in [1.82, 2.24) is 24.3 Å². The second kappa shape index (κ2) is 9.73. The Bertz CT molecular complexity index is 1260. The molecule has 4 aromatic rings. The molecule has 1 aromatic carbocycles. The maximum atomic E-state index is 13.5. The van der Waals surface area contributed by atoms with Crippen LogP contribution in [0.5, 0.6) is 0 Å². The lowest BCUT2D eigenvalue weighted by molar-refractivity contribution is 0.0724. The van der Waals surface area contributed by atoms with Crippen LogP contribution in [-0.2, 0) is 20.5 Å². The fourth-order valence-electron chi connectivity index (χ4n) is 4.20. The van der Waals surface area contributed by atoms with Gasteiger partial charge in [0.25, 0.3) is 11.8 Å². The number of amides is 2. The molecule has 1 atom stereocenters. The predicted octanol–water partition coefficient (Wildman–Crippen LogP) is 3.42. The molecule has 0 spiro atoms. The van der Waals surface area contributed by atoms with Crippen molar-refractivity contribution in [3.8, 4) is 0 Å². The summed E-state index contributed by atoms with van der Waals surface area (Å²) in [7, 11) is 5.58. The van der Waals surface area contributed by atoms with E-state index in [4.69, 9.17) is 0 Å². The molecule has 33 heavy (non-hydrogen) atoms. The van der Waals surface area contributed by atoms with Gasteiger partial charge in [-0.1, -0.05) is 30.3 Å². The lowest BCUT2D eigenvalue weighted by atomic mass is 10.0. The summed E-state index contributed by atoms with van der Waals surface area (Å²) >= 11 is 0. The number of carbonyl (C=O) groups is 2. The first-order chi connectivity index (χ1) is 16.0. The molecule has 0 saturated heterocycles. The number of aryl methyl sites for hydroxylation is 2. The summed E-state index contributed by atoms with van der Waals surface area (Å²) in [6.07, 6.45) is 6.75. The van der Waals surface area contributed by atoms with E-state index >= 15 is 0 Å². The minimum Gasteiger partial charge on any atom is -0.351 e. The first-order valence-corrected chi connectivity index (χ1v) is 11.1. The molecule has 3 aromatic heterocycles. The molecule has 0 aliphatic heterocycles. The van der Waals surface area contributed by atoms with Gasteiger partial charge in [-0.3, -0.25) is 9.59 Å². The van der Waals surface area contributed by atoms with Gasteiger partial charge in [0.05, 0.1) is 5.56 Å². The molecule has 2 amide bonds. The first kappa shape index (κ1) is 22.3. The fourth-order valence-corrected chi connectivity index (χ4v) is 4.20. The van der Waals surface area contributed by atoms with Gasteiger partial charge in [-0.15, -0.1) is 0 Å². The van der Waals surface area contributed by atoms with Gasteiger partial charge < -0.3 is 19.4 Å². The third-order valence-corrected chi connectivity index (χ3v) is 6.09. The molecule has 170 valence electrons. The van der Waals surface area contributed by atoms with E-state index in [1.54, 1.807) is 21.7 Å². The lowest BCUT2D eigenvalue weighted by Gasteiger charge is -2.28. The molecule has 0 fully saturated rings. The summed E-state index contributed by atoms with van der Waals surface area (Å²) in [5, 5.41) is 3.84. The Kier molecular flexibility index (Phi) is 6.58. The van der Waals surface area contributed by atoms with E-state index in [0.717, 1.165) is 16.6 Å². The Hall–Kier alpha value is -3.87. The van der Waals surface area contributed by atoms with Crippen LogP contribution < -0.4 is 5.32 Å². The monoisotopic (exact) mass is 443 g/mol. The first-order valence-electron chi connectivity index (χ1n) is 11.1. The van der Waals surface area contributed by atoms with E-state index in [1.165, 1.54) is 0 Å². The van der Waals surface area contributed by atoms with Crippen LogP contribution in [0.25, 0.3) is 11.0 Å². The molecule has 3 heterocycles. The summed E-state index contributed by atoms with van der Waals surface area (Å²) in [5.74, 6) is -0.168. The second-order valence-electron chi connectivity index (χ2n) is 8.34. The van der Waals surface area contributed by atoms with Crippen molar-refractivity contribution in [3.63, 3.8) is 0 Å². The molecule has 7 nitrogen and oxygen atoms in total. The second-order valence-corrected chi connectivity index (χ2v) is 8.34. The van der Waals surface area contributed by atoms with Gasteiger partial charge >= 0.3 is 0 Å². The van der Waals surface area contributed by atoms with Crippen molar-refractivity contribution in [2.75, 3.05) is 13.6 Å². The van der Waals surface area contributed by atoms with E-state index in [1.807, 2.05) is 74.5 Å². The number of benzene rings is 1. The van der Waals surface area contributed by atoms with E-state index < -0.39 is 0 Å². The summed E-state index contributed by atoms with van der Waals surface area (Å²) in [6, 6.07) is 17.4. The summed E-state index contributed by atoms with van der Waals surface area (Å²) < 4.78 is 3.67. The van der Waals surface area contributed by atoms with Crippen molar-refractivity contribution in [1.29, 1.82) is 0 Å². The molecule has 0 saturated carbocycles. The van der Waals surface area contributed by atoms with Gasteiger partial charge in [-0.2, -0.15) is 0 Å².